The number of rotatable bonds is 5. The normalized spacial score (nSPS) is 23.1. The zero-order valence-corrected chi connectivity index (χ0v) is 14.8. The largest absolute Gasteiger partial charge is 0.342 e. The molecule has 1 spiro atoms. The highest BCUT2D eigenvalue weighted by Gasteiger charge is 2.49. The Morgan fingerprint density at radius 3 is 2.81 bits per heavy atom. The summed E-state index contributed by atoms with van der Waals surface area (Å²) >= 11 is 0. The summed E-state index contributed by atoms with van der Waals surface area (Å²) in [5, 5.41) is 0. The number of piperidine rings is 1. The van der Waals surface area contributed by atoms with Crippen LogP contribution in [0.25, 0.3) is 0 Å². The molecule has 2 aliphatic heterocycles. The van der Waals surface area contributed by atoms with Gasteiger partial charge in [0.15, 0.2) is 11.6 Å². The van der Waals surface area contributed by atoms with Gasteiger partial charge in [-0.25, -0.2) is 8.78 Å². The maximum atomic E-state index is 14.0. The lowest BCUT2D eigenvalue weighted by Gasteiger charge is -2.39. The van der Waals surface area contributed by atoms with Crippen molar-refractivity contribution in [2.45, 2.75) is 38.6 Å². The lowest BCUT2D eigenvalue weighted by molar-refractivity contribution is -0.146. The molecule has 0 bridgehead atoms. The number of benzene rings is 1. The van der Waals surface area contributed by atoms with Crippen LogP contribution in [-0.4, -0.2) is 47.8 Å². The van der Waals surface area contributed by atoms with Crippen molar-refractivity contribution in [2.75, 3.05) is 26.2 Å². The first-order chi connectivity index (χ1) is 12.5. The topological polar surface area (TPSA) is 66.6 Å². The summed E-state index contributed by atoms with van der Waals surface area (Å²) in [5.41, 5.74) is 5.06. The van der Waals surface area contributed by atoms with Crippen molar-refractivity contribution in [2.24, 2.45) is 11.1 Å². The van der Waals surface area contributed by atoms with Crippen molar-refractivity contribution in [3.63, 3.8) is 0 Å². The third-order valence-corrected chi connectivity index (χ3v) is 5.52. The molecular weight excluding hydrogens is 340 g/mol. The Morgan fingerprint density at radius 1 is 1.23 bits per heavy atom. The van der Waals surface area contributed by atoms with Crippen LogP contribution in [0.4, 0.5) is 8.78 Å². The molecule has 2 heterocycles. The van der Waals surface area contributed by atoms with Crippen LogP contribution in [0.2, 0.25) is 0 Å². The molecule has 1 aromatic rings. The second-order valence-electron chi connectivity index (χ2n) is 7.28. The molecule has 2 saturated heterocycles. The van der Waals surface area contributed by atoms with Gasteiger partial charge in [-0.15, -0.1) is 0 Å². The van der Waals surface area contributed by atoms with Gasteiger partial charge < -0.3 is 15.5 Å². The predicted octanol–water partition coefficient (Wildman–Crippen LogP) is 2.04. The van der Waals surface area contributed by atoms with Gasteiger partial charge in [-0.1, -0.05) is 12.1 Å². The van der Waals surface area contributed by atoms with Gasteiger partial charge in [0.2, 0.25) is 11.8 Å². The zero-order valence-electron chi connectivity index (χ0n) is 14.8. The highest BCUT2D eigenvalue weighted by molar-refractivity contribution is 5.86. The van der Waals surface area contributed by atoms with Gasteiger partial charge in [0, 0.05) is 38.2 Å². The fourth-order valence-corrected chi connectivity index (χ4v) is 4.05. The number of amides is 2. The van der Waals surface area contributed by atoms with Crippen molar-refractivity contribution in [3.05, 3.63) is 35.4 Å². The number of carbonyl (C=O) groups is 2. The molecule has 7 heteroatoms. The Kier molecular flexibility index (Phi) is 5.55. The van der Waals surface area contributed by atoms with Crippen LogP contribution in [0.5, 0.6) is 0 Å². The number of likely N-dealkylation sites (tertiary alicyclic amines) is 2. The summed E-state index contributed by atoms with van der Waals surface area (Å²) in [6.07, 6.45) is 3.20. The quantitative estimate of drug-likeness (QED) is 0.868. The van der Waals surface area contributed by atoms with E-state index in [4.69, 9.17) is 5.73 Å². The first kappa shape index (κ1) is 18.8. The summed E-state index contributed by atoms with van der Waals surface area (Å²) < 4.78 is 27.4. The minimum absolute atomic E-state index is 0.0356. The molecule has 0 unspecified atom stereocenters. The standard InChI is InChI=1S/C19H25F2N3O2/c20-15-5-1-4-14(17(15)21)12-23-10-3-7-19(18(23)26)8-11-24(13-19)16(25)6-2-9-22/h1,4-5H,2-3,6-13,22H2/t19-/m0/s1. The Morgan fingerprint density at radius 2 is 2.04 bits per heavy atom. The number of hydrogen-bond donors (Lipinski definition) is 1. The van der Waals surface area contributed by atoms with E-state index >= 15 is 0 Å². The number of hydrogen-bond acceptors (Lipinski definition) is 3. The molecule has 142 valence electrons. The van der Waals surface area contributed by atoms with Crippen molar-refractivity contribution in [3.8, 4) is 0 Å². The van der Waals surface area contributed by atoms with E-state index in [-0.39, 0.29) is 23.9 Å². The van der Waals surface area contributed by atoms with Gasteiger partial charge in [0.1, 0.15) is 0 Å². The molecule has 2 amide bonds. The summed E-state index contributed by atoms with van der Waals surface area (Å²) in [7, 11) is 0. The molecule has 2 N–H and O–H groups in total. The first-order valence-electron chi connectivity index (χ1n) is 9.17. The highest BCUT2D eigenvalue weighted by atomic mass is 19.2. The van der Waals surface area contributed by atoms with Gasteiger partial charge in [0.05, 0.1) is 5.41 Å². The molecule has 3 rings (SSSR count). The van der Waals surface area contributed by atoms with E-state index in [1.54, 1.807) is 9.80 Å². The summed E-state index contributed by atoms with van der Waals surface area (Å²) in [6, 6.07) is 4.02. The molecular formula is C19H25F2N3O2. The first-order valence-corrected chi connectivity index (χ1v) is 9.17. The third kappa shape index (κ3) is 3.58. The minimum Gasteiger partial charge on any atom is -0.342 e. The lowest BCUT2D eigenvalue weighted by Crippen LogP contribution is -2.50. The SMILES string of the molecule is NCCCC(=O)N1CC[C@@]2(CCCN(Cc3cccc(F)c3F)C2=O)C1. The van der Waals surface area contributed by atoms with Gasteiger partial charge in [-0.2, -0.15) is 0 Å². The van der Waals surface area contributed by atoms with Crippen molar-refractivity contribution >= 4 is 11.8 Å². The Labute approximate surface area is 152 Å². The van der Waals surface area contributed by atoms with Gasteiger partial charge in [-0.05, 0) is 38.3 Å². The molecule has 5 nitrogen and oxygen atoms in total. The molecule has 0 aromatic heterocycles. The van der Waals surface area contributed by atoms with E-state index in [1.807, 2.05) is 0 Å². The fourth-order valence-electron chi connectivity index (χ4n) is 4.05. The molecule has 0 radical (unpaired) electrons. The molecule has 2 fully saturated rings. The molecule has 0 saturated carbocycles. The molecule has 1 atom stereocenters. The van der Waals surface area contributed by atoms with Crippen LogP contribution in [0.15, 0.2) is 18.2 Å². The number of nitrogens with zero attached hydrogens (tertiary/aromatic N) is 2. The second kappa shape index (κ2) is 7.70. The highest BCUT2D eigenvalue weighted by Crippen LogP contribution is 2.40. The van der Waals surface area contributed by atoms with Crippen molar-refractivity contribution < 1.29 is 18.4 Å². The van der Waals surface area contributed by atoms with Crippen molar-refractivity contribution in [1.29, 1.82) is 0 Å². The van der Waals surface area contributed by atoms with Crippen LogP contribution in [0, 0.1) is 17.0 Å². The average molecular weight is 365 g/mol. The third-order valence-electron chi connectivity index (χ3n) is 5.52. The van der Waals surface area contributed by atoms with Crippen LogP contribution < -0.4 is 5.73 Å². The molecule has 0 aliphatic carbocycles. The minimum atomic E-state index is -0.904. The van der Waals surface area contributed by atoms with E-state index in [0.717, 1.165) is 18.9 Å². The summed E-state index contributed by atoms with van der Waals surface area (Å²) in [5.74, 6) is -1.82. The number of carbonyl (C=O) groups excluding carboxylic acids is 2. The Bertz CT molecular complexity index is 697. The fraction of sp³-hybridized carbons (Fsp3) is 0.579. The maximum Gasteiger partial charge on any atom is 0.230 e. The van der Waals surface area contributed by atoms with E-state index < -0.39 is 17.0 Å². The van der Waals surface area contributed by atoms with Crippen molar-refractivity contribution in [1.82, 2.24) is 9.80 Å². The van der Waals surface area contributed by atoms with E-state index in [1.165, 1.54) is 12.1 Å². The smallest absolute Gasteiger partial charge is 0.230 e. The van der Waals surface area contributed by atoms with Crippen LogP contribution in [0.3, 0.4) is 0 Å². The van der Waals surface area contributed by atoms with E-state index in [0.29, 0.717) is 45.4 Å². The summed E-state index contributed by atoms with van der Waals surface area (Å²) in [6.45, 7) is 2.04. The number of nitrogens with two attached hydrogens (primary N) is 1. The van der Waals surface area contributed by atoms with Gasteiger partial charge >= 0.3 is 0 Å². The molecule has 1 aromatic carbocycles. The summed E-state index contributed by atoms with van der Waals surface area (Å²) in [4.78, 5) is 28.7. The maximum absolute atomic E-state index is 14.0. The van der Waals surface area contributed by atoms with Gasteiger partial charge in [0.25, 0.3) is 0 Å². The Balaban J connectivity index is 1.70. The second-order valence-corrected chi connectivity index (χ2v) is 7.28. The predicted molar refractivity (Wildman–Crippen MR) is 92.9 cm³/mol. The van der Waals surface area contributed by atoms with Crippen LogP contribution in [0.1, 0.15) is 37.7 Å². The van der Waals surface area contributed by atoms with E-state index in [2.05, 4.69) is 0 Å². The molecule has 2 aliphatic rings. The molecule has 26 heavy (non-hydrogen) atoms. The zero-order chi connectivity index (χ0) is 18.7. The number of halogens is 2. The van der Waals surface area contributed by atoms with Crippen LogP contribution in [-0.2, 0) is 16.1 Å². The Hall–Kier alpha value is -2.02. The van der Waals surface area contributed by atoms with Gasteiger partial charge in [-0.3, -0.25) is 9.59 Å². The average Bonchev–Trinajstić information content (AvgIpc) is 3.06. The van der Waals surface area contributed by atoms with E-state index in [9.17, 15) is 18.4 Å². The lowest BCUT2D eigenvalue weighted by atomic mass is 9.78. The van der Waals surface area contributed by atoms with Crippen LogP contribution >= 0.6 is 0 Å². The monoisotopic (exact) mass is 365 g/mol.